The molecule has 2 aromatic rings. The van der Waals surface area contributed by atoms with Crippen molar-refractivity contribution in [3.63, 3.8) is 0 Å². The van der Waals surface area contributed by atoms with E-state index in [9.17, 15) is 18.0 Å². The van der Waals surface area contributed by atoms with Crippen molar-refractivity contribution in [1.82, 2.24) is 5.32 Å². The highest BCUT2D eigenvalue weighted by Gasteiger charge is 2.29. The van der Waals surface area contributed by atoms with E-state index < -0.39 is 15.1 Å². The van der Waals surface area contributed by atoms with Gasteiger partial charge in [-0.05, 0) is 56.2 Å². The molecule has 28 heavy (non-hydrogen) atoms. The Labute approximate surface area is 164 Å². The lowest BCUT2D eigenvalue weighted by Crippen LogP contribution is -2.29. The number of nitrogens with one attached hydrogen (secondary N) is 1. The van der Waals surface area contributed by atoms with Crippen LogP contribution in [0, 0.1) is 6.92 Å². The summed E-state index contributed by atoms with van der Waals surface area (Å²) in [6.45, 7) is 5.61. The van der Waals surface area contributed by atoms with E-state index in [1.807, 2.05) is 6.92 Å². The van der Waals surface area contributed by atoms with Crippen LogP contribution in [0.2, 0.25) is 0 Å². The molecule has 1 atom stereocenters. The molecule has 150 valence electrons. The van der Waals surface area contributed by atoms with Gasteiger partial charge in [0, 0.05) is 25.6 Å². The Morgan fingerprint density at radius 1 is 1.25 bits per heavy atom. The molecule has 0 radical (unpaired) electrons. The number of rotatable bonds is 6. The zero-order valence-corrected chi connectivity index (χ0v) is 17.0. The van der Waals surface area contributed by atoms with Crippen molar-refractivity contribution in [3.8, 4) is 0 Å². The summed E-state index contributed by atoms with van der Waals surface area (Å²) in [7, 11) is -3.66. The van der Waals surface area contributed by atoms with Gasteiger partial charge in [0.15, 0.2) is 9.84 Å². The van der Waals surface area contributed by atoms with Crippen LogP contribution in [0.15, 0.2) is 39.6 Å². The normalized spacial score (nSPS) is 14.6. The molecule has 0 saturated heterocycles. The second kappa shape index (κ2) is 7.79. The second-order valence-corrected chi connectivity index (χ2v) is 9.43. The lowest BCUT2D eigenvalue weighted by Gasteiger charge is -2.16. The molecule has 0 unspecified atom stereocenters. The van der Waals surface area contributed by atoms with Crippen LogP contribution in [0.5, 0.6) is 0 Å². The average molecular weight is 404 g/mol. The number of anilines is 1. The second-order valence-electron chi connectivity index (χ2n) is 7.06. The minimum atomic E-state index is -3.66. The number of furan rings is 1. The van der Waals surface area contributed by atoms with Gasteiger partial charge in [0.2, 0.25) is 11.8 Å². The molecule has 1 N–H and O–H groups in total. The van der Waals surface area contributed by atoms with Crippen LogP contribution >= 0.6 is 0 Å². The van der Waals surface area contributed by atoms with E-state index in [1.54, 1.807) is 29.2 Å². The Bertz CT molecular complexity index is 1010. The van der Waals surface area contributed by atoms with Gasteiger partial charge in [-0.15, -0.1) is 0 Å². The molecule has 1 aliphatic heterocycles. The minimum absolute atomic E-state index is 0.0638. The smallest absolute Gasteiger partial charge is 0.223 e. The number of carbonyl (C=O) groups is 2. The molecule has 0 aliphatic carbocycles. The molecule has 3 rings (SSSR count). The van der Waals surface area contributed by atoms with Crippen LogP contribution in [0.3, 0.4) is 0 Å². The van der Waals surface area contributed by atoms with E-state index in [1.165, 1.54) is 19.9 Å². The van der Waals surface area contributed by atoms with Gasteiger partial charge in [0.1, 0.15) is 11.5 Å². The Morgan fingerprint density at radius 2 is 2.00 bits per heavy atom. The molecular weight excluding hydrogens is 380 g/mol. The first-order valence-electron chi connectivity index (χ1n) is 9.15. The highest BCUT2D eigenvalue weighted by molar-refractivity contribution is 7.92. The van der Waals surface area contributed by atoms with E-state index >= 15 is 0 Å². The molecule has 0 bridgehead atoms. The number of hydrogen-bond acceptors (Lipinski definition) is 5. The number of nitrogens with zero attached hydrogens (tertiary/aromatic N) is 1. The third kappa shape index (κ3) is 4.11. The van der Waals surface area contributed by atoms with Crippen molar-refractivity contribution in [3.05, 3.63) is 47.4 Å². The first-order valence-corrected chi connectivity index (χ1v) is 10.7. The van der Waals surface area contributed by atoms with Crippen LogP contribution in [0.25, 0.3) is 0 Å². The van der Waals surface area contributed by atoms with E-state index in [4.69, 9.17) is 4.42 Å². The van der Waals surface area contributed by atoms with Crippen LogP contribution in [0.1, 0.15) is 37.4 Å². The molecule has 8 heteroatoms. The van der Waals surface area contributed by atoms with Crippen LogP contribution in [-0.2, 0) is 32.4 Å². The van der Waals surface area contributed by atoms with Crippen molar-refractivity contribution >= 4 is 27.3 Å². The van der Waals surface area contributed by atoms with E-state index in [0.717, 1.165) is 17.0 Å². The largest absolute Gasteiger partial charge is 0.465 e. The van der Waals surface area contributed by atoms with E-state index in [0.29, 0.717) is 18.7 Å². The molecule has 1 aliphatic rings. The average Bonchev–Trinajstić information content (AvgIpc) is 3.25. The standard InChI is InChI=1S/C20H24N2O5S/c1-13-4-5-17(27-13)12-21-20(24)10-14(2)28(25,26)18-6-7-19-16(11-18)8-9-22(19)15(3)23/h4-7,11,14H,8-10,12H2,1-3H3,(H,21,24)/t14-/m0/s1. The SMILES string of the molecule is CC(=O)N1CCc2cc(S(=O)(=O)[C@@H](C)CC(=O)NCc3ccc(C)o3)ccc21. The number of benzene rings is 1. The summed E-state index contributed by atoms with van der Waals surface area (Å²) >= 11 is 0. The van der Waals surface area contributed by atoms with Crippen molar-refractivity contribution in [2.45, 2.75) is 50.3 Å². The topological polar surface area (TPSA) is 96.7 Å². The Hall–Kier alpha value is -2.61. The predicted molar refractivity (Wildman–Crippen MR) is 105 cm³/mol. The maximum atomic E-state index is 12.9. The van der Waals surface area contributed by atoms with Gasteiger partial charge in [-0.25, -0.2) is 8.42 Å². The molecule has 0 saturated carbocycles. The lowest BCUT2D eigenvalue weighted by molar-refractivity contribution is -0.121. The van der Waals surface area contributed by atoms with Gasteiger partial charge in [-0.2, -0.15) is 0 Å². The Kier molecular flexibility index (Phi) is 5.60. The number of carbonyl (C=O) groups excluding carboxylic acids is 2. The summed E-state index contributed by atoms with van der Waals surface area (Å²) in [6, 6.07) is 8.37. The third-order valence-electron chi connectivity index (χ3n) is 4.91. The zero-order valence-electron chi connectivity index (χ0n) is 16.2. The number of aryl methyl sites for hydroxylation is 1. The summed E-state index contributed by atoms with van der Waals surface area (Å²) < 4.78 is 31.1. The summed E-state index contributed by atoms with van der Waals surface area (Å²) in [5.41, 5.74) is 1.59. The monoisotopic (exact) mass is 404 g/mol. The van der Waals surface area contributed by atoms with Crippen molar-refractivity contribution in [2.24, 2.45) is 0 Å². The Balaban J connectivity index is 1.66. The molecule has 1 aromatic carbocycles. The van der Waals surface area contributed by atoms with Crippen molar-refractivity contribution in [1.29, 1.82) is 0 Å². The first kappa shape index (κ1) is 20.1. The van der Waals surface area contributed by atoms with Gasteiger partial charge in [0.05, 0.1) is 16.7 Å². The fourth-order valence-electron chi connectivity index (χ4n) is 3.32. The van der Waals surface area contributed by atoms with Crippen molar-refractivity contribution in [2.75, 3.05) is 11.4 Å². The van der Waals surface area contributed by atoms with Gasteiger partial charge in [-0.3, -0.25) is 9.59 Å². The fraction of sp³-hybridized carbons (Fsp3) is 0.400. The quantitative estimate of drug-likeness (QED) is 0.797. The number of fused-ring (bicyclic) bond motifs is 1. The lowest BCUT2D eigenvalue weighted by atomic mass is 10.2. The summed E-state index contributed by atoms with van der Waals surface area (Å²) in [5.74, 6) is 0.954. The summed E-state index contributed by atoms with van der Waals surface area (Å²) in [4.78, 5) is 25.6. The van der Waals surface area contributed by atoms with Crippen LogP contribution in [-0.4, -0.2) is 32.0 Å². The van der Waals surface area contributed by atoms with Gasteiger partial charge in [-0.1, -0.05) is 0 Å². The fourth-order valence-corrected chi connectivity index (χ4v) is 4.72. The molecule has 2 amide bonds. The molecule has 1 aromatic heterocycles. The Morgan fingerprint density at radius 3 is 2.64 bits per heavy atom. The molecular formula is C20H24N2O5S. The minimum Gasteiger partial charge on any atom is -0.465 e. The molecule has 7 nitrogen and oxygen atoms in total. The molecule has 0 fully saturated rings. The van der Waals surface area contributed by atoms with Gasteiger partial charge >= 0.3 is 0 Å². The summed E-state index contributed by atoms with van der Waals surface area (Å²) in [6.07, 6.45) is 0.481. The summed E-state index contributed by atoms with van der Waals surface area (Å²) in [5, 5.41) is 1.82. The van der Waals surface area contributed by atoms with E-state index in [2.05, 4.69) is 5.32 Å². The van der Waals surface area contributed by atoms with Gasteiger partial charge < -0.3 is 14.6 Å². The number of sulfone groups is 1. The maximum Gasteiger partial charge on any atom is 0.223 e. The third-order valence-corrected chi connectivity index (χ3v) is 7.05. The number of amides is 2. The zero-order chi connectivity index (χ0) is 20.5. The number of hydrogen-bond donors (Lipinski definition) is 1. The molecule has 0 spiro atoms. The molecule has 2 heterocycles. The van der Waals surface area contributed by atoms with Crippen molar-refractivity contribution < 1.29 is 22.4 Å². The first-order chi connectivity index (χ1) is 13.2. The van der Waals surface area contributed by atoms with Crippen LogP contribution < -0.4 is 10.2 Å². The highest BCUT2D eigenvalue weighted by Crippen LogP contribution is 2.31. The maximum absolute atomic E-state index is 12.9. The predicted octanol–water partition coefficient (Wildman–Crippen LogP) is 2.37. The highest BCUT2D eigenvalue weighted by atomic mass is 32.2. The van der Waals surface area contributed by atoms with E-state index in [-0.39, 0.29) is 29.7 Å². The van der Waals surface area contributed by atoms with Crippen LogP contribution in [0.4, 0.5) is 5.69 Å². The van der Waals surface area contributed by atoms with Gasteiger partial charge in [0.25, 0.3) is 0 Å².